The fourth-order valence-electron chi connectivity index (χ4n) is 2.71. The van der Waals surface area contributed by atoms with Crippen LogP contribution in [-0.2, 0) is 14.4 Å². The van der Waals surface area contributed by atoms with E-state index in [9.17, 15) is 34.8 Å². The molecule has 0 amide bonds. The van der Waals surface area contributed by atoms with Gasteiger partial charge in [-0.05, 0) is 48.4 Å². The van der Waals surface area contributed by atoms with E-state index >= 15 is 0 Å². The van der Waals surface area contributed by atoms with Gasteiger partial charge in [0.2, 0.25) is 0 Å². The van der Waals surface area contributed by atoms with Crippen LogP contribution in [0.5, 0.6) is 11.5 Å². The van der Waals surface area contributed by atoms with E-state index < -0.39 is 45.1 Å². The highest BCUT2D eigenvalue weighted by Gasteiger charge is 2.38. The van der Waals surface area contributed by atoms with Crippen LogP contribution in [0.4, 0.5) is 26.3 Å². The SMILES string of the molecule is C=C(c1ccc(OCCCOc2ccc(/C(=N/OS(=O)(=O)CCC)C(F)(F)F)cc2)cc1)C(F)(F)F. The van der Waals surface area contributed by atoms with E-state index in [0.717, 1.165) is 12.1 Å². The number of hydrogen-bond donors (Lipinski definition) is 0. The van der Waals surface area contributed by atoms with Crippen LogP contribution < -0.4 is 9.47 Å². The summed E-state index contributed by atoms with van der Waals surface area (Å²) in [4.78, 5) is 0. The topological polar surface area (TPSA) is 74.2 Å². The molecule has 0 saturated carbocycles. The predicted octanol–water partition coefficient (Wildman–Crippen LogP) is 6.13. The van der Waals surface area contributed by atoms with Gasteiger partial charge >= 0.3 is 22.5 Å². The molecule has 0 radical (unpaired) electrons. The molecule has 0 aromatic heterocycles. The molecule has 0 aliphatic heterocycles. The molecule has 13 heteroatoms. The lowest BCUT2D eigenvalue weighted by Crippen LogP contribution is -2.25. The first-order valence-corrected chi connectivity index (χ1v) is 12.1. The Morgan fingerprint density at radius 3 is 1.72 bits per heavy atom. The summed E-state index contributed by atoms with van der Waals surface area (Å²) in [7, 11) is -4.23. The van der Waals surface area contributed by atoms with Gasteiger partial charge < -0.3 is 9.47 Å². The van der Waals surface area contributed by atoms with Gasteiger partial charge in [0, 0.05) is 12.0 Å². The number of ether oxygens (including phenoxy) is 2. The van der Waals surface area contributed by atoms with Gasteiger partial charge in [-0.25, -0.2) is 0 Å². The number of halogens is 6. The van der Waals surface area contributed by atoms with Crippen molar-refractivity contribution in [1.29, 1.82) is 0 Å². The smallest absolute Gasteiger partial charge is 0.437 e. The van der Waals surface area contributed by atoms with Gasteiger partial charge in [0.1, 0.15) is 11.5 Å². The van der Waals surface area contributed by atoms with Gasteiger partial charge in [0.15, 0.2) is 5.71 Å². The van der Waals surface area contributed by atoms with E-state index in [1.807, 2.05) is 0 Å². The second-order valence-corrected chi connectivity index (χ2v) is 9.02. The Morgan fingerprint density at radius 1 is 0.833 bits per heavy atom. The van der Waals surface area contributed by atoms with Crippen molar-refractivity contribution in [3.8, 4) is 11.5 Å². The van der Waals surface area contributed by atoms with Crippen molar-refractivity contribution >= 4 is 21.4 Å². The summed E-state index contributed by atoms with van der Waals surface area (Å²) in [6.45, 7) is 4.86. The molecule has 2 aromatic rings. The lowest BCUT2D eigenvalue weighted by molar-refractivity contribution is -0.0687. The van der Waals surface area contributed by atoms with Crippen LogP contribution >= 0.6 is 0 Å². The number of rotatable bonds is 12. The van der Waals surface area contributed by atoms with Crippen LogP contribution in [0.2, 0.25) is 0 Å². The molecule has 0 spiro atoms. The van der Waals surface area contributed by atoms with Gasteiger partial charge in [-0.3, -0.25) is 4.28 Å². The van der Waals surface area contributed by atoms with Crippen molar-refractivity contribution in [3.05, 3.63) is 66.2 Å². The fraction of sp³-hybridized carbons (Fsp3) is 0.348. The van der Waals surface area contributed by atoms with Gasteiger partial charge in [-0.15, -0.1) is 0 Å². The maximum absolute atomic E-state index is 13.3. The molecule has 198 valence electrons. The van der Waals surface area contributed by atoms with Crippen molar-refractivity contribution in [2.45, 2.75) is 32.1 Å². The molecule has 0 aliphatic rings. The highest BCUT2D eigenvalue weighted by atomic mass is 32.2. The zero-order chi connectivity index (χ0) is 27.0. The van der Waals surface area contributed by atoms with Crippen LogP contribution in [0, 0.1) is 0 Å². The number of hydrogen-bond acceptors (Lipinski definition) is 6. The minimum atomic E-state index is -4.96. The van der Waals surface area contributed by atoms with Crippen molar-refractivity contribution in [2.75, 3.05) is 19.0 Å². The molecule has 0 fully saturated rings. The van der Waals surface area contributed by atoms with Crippen molar-refractivity contribution in [2.24, 2.45) is 5.16 Å². The fourth-order valence-corrected chi connectivity index (χ4v) is 3.48. The van der Waals surface area contributed by atoms with Gasteiger partial charge in [-0.1, -0.05) is 30.8 Å². The summed E-state index contributed by atoms with van der Waals surface area (Å²) in [5, 5.41) is 2.81. The summed E-state index contributed by atoms with van der Waals surface area (Å²) in [6.07, 6.45) is -8.96. The molecule has 2 rings (SSSR count). The zero-order valence-electron chi connectivity index (χ0n) is 19.0. The Balaban J connectivity index is 1.87. The maximum Gasteiger partial charge on any atom is 0.437 e. The molecule has 0 saturated heterocycles. The van der Waals surface area contributed by atoms with Crippen LogP contribution in [0.25, 0.3) is 5.57 Å². The number of nitrogens with zero attached hydrogens (tertiary/aromatic N) is 1. The van der Waals surface area contributed by atoms with Gasteiger partial charge in [-0.2, -0.15) is 34.8 Å². The van der Waals surface area contributed by atoms with Gasteiger partial charge in [0.05, 0.1) is 24.5 Å². The summed E-state index contributed by atoms with van der Waals surface area (Å²) >= 11 is 0. The molecule has 0 aliphatic carbocycles. The largest absolute Gasteiger partial charge is 0.493 e. The van der Waals surface area contributed by atoms with Gasteiger partial charge in [0.25, 0.3) is 0 Å². The van der Waals surface area contributed by atoms with Crippen molar-refractivity contribution < 1.29 is 48.5 Å². The second kappa shape index (κ2) is 12.2. The molecule has 0 N–H and O–H groups in total. The molecular formula is C23H23F6NO5S. The molecule has 2 aromatic carbocycles. The highest BCUT2D eigenvalue weighted by Crippen LogP contribution is 2.32. The van der Waals surface area contributed by atoms with Crippen LogP contribution in [0.15, 0.2) is 60.3 Å². The number of allylic oxidation sites excluding steroid dienone is 1. The van der Waals surface area contributed by atoms with E-state index in [1.165, 1.54) is 43.3 Å². The molecule has 0 atom stereocenters. The summed E-state index contributed by atoms with van der Waals surface area (Å²) in [5.41, 5.74) is -2.96. The van der Waals surface area contributed by atoms with Crippen LogP contribution in [-0.4, -0.2) is 45.4 Å². The van der Waals surface area contributed by atoms with Crippen molar-refractivity contribution in [1.82, 2.24) is 0 Å². The average Bonchev–Trinajstić information content (AvgIpc) is 2.78. The molecule has 0 heterocycles. The minimum absolute atomic E-state index is 0.0745. The summed E-state index contributed by atoms with van der Waals surface area (Å²) in [5.74, 6) is 0.118. The monoisotopic (exact) mass is 539 g/mol. The maximum atomic E-state index is 13.3. The van der Waals surface area contributed by atoms with E-state index in [4.69, 9.17) is 9.47 Å². The van der Waals surface area contributed by atoms with E-state index in [1.54, 1.807) is 0 Å². The Labute approximate surface area is 204 Å². The Hall–Kier alpha value is -3.22. The Morgan fingerprint density at radius 2 is 1.31 bits per heavy atom. The minimum Gasteiger partial charge on any atom is -0.493 e. The predicted molar refractivity (Wildman–Crippen MR) is 121 cm³/mol. The molecule has 0 bridgehead atoms. The molecule has 6 nitrogen and oxygen atoms in total. The van der Waals surface area contributed by atoms with Crippen LogP contribution in [0.3, 0.4) is 0 Å². The third-order valence-electron chi connectivity index (χ3n) is 4.46. The lowest BCUT2D eigenvalue weighted by atomic mass is 10.1. The summed E-state index contributed by atoms with van der Waals surface area (Å²) < 4.78 is 116. The number of alkyl halides is 6. The average molecular weight is 539 g/mol. The van der Waals surface area contributed by atoms with E-state index in [0.29, 0.717) is 12.2 Å². The highest BCUT2D eigenvalue weighted by molar-refractivity contribution is 7.86. The van der Waals surface area contributed by atoms with E-state index in [-0.39, 0.29) is 30.9 Å². The standard InChI is InChI=1S/C23H23F6NO5S/c1-3-15-36(31,32)35-30-21(23(27,28)29)18-7-11-20(12-8-18)34-14-4-13-33-19-9-5-17(6-10-19)16(2)22(24,25)26/h5-12H,2-4,13-15H2,1H3/b30-21-. The first-order valence-electron chi connectivity index (χ1n) is 10.5. The van der Waals surface area contributed by atoms with Crippen LogP contribution in [0.1, 0.15) is 30.9 Å². The first-order chi connectivity index (χ1) is 16.7. The first kappa shape index (κ1) is 29.0. The Bertz CT molecular complexity index is 1140. The molecular weight excluding hydrogens is 516 g/mol. The second-order valence-electron chi connectivity index (χ2n) is 7.35. The quantitative estimate of drug-likeness (QED) is 0.140. The molecule has 0 unspecified atom stereocenters. The summed E-state index contributed by atoms with van der Waals surface area (Å²) in [6, 6.07) is 9.87. The lowest BCUT2D eigenvalue weighted by Gasteiger charge is -2.12. The van der Waals surface area contributed by atoms with E-state index in [2.05, 4.69) is 16.0 Å². The third-order valence-corrected chi connectivity index (χ3v) is 5.67. The third kappa shape index (κ3) is 9.10. The normalized spacial score (nSPS) is 12.8. The Kier molecular flexibility index (Phi) is 9.79. The molecule has 36 heavy (non-hydrogen) atoms. The zero-order valence-corrected chi connectivity index (χ0v) is 19.8. The number of oxime groups is 1. The number of benzene rings is 2. The van der Waals surface area contributed by atoms with Crippen molar-refractivity contribution in [3.63, 3.8) is 0 Å².